The van der Waals surface area contributed by atoms with E-state index >= 15 is 0 Å². The molecular weight excluding hydrogens is 217 g/mol. The molecule has 0 unspecified atom stereocenters. The van der Waals surface area contributed by atoms with E-state index in [-0.39, 0.29) is 17.1 Å². The summed E-state index contributed by atoms with van der Waals surface area (Å²) < 4.78 is 13.0. The molecule has 0 heterocycles. The second-order valence-electron chi connectivity index (χ2n) is 4.95. The average Bonchev–Trinajstić information content (AvgIpc) is 2.25. The first-order valence-corrected chi connectivity index (χ1v) is 5.64. The van der Waals surface area contributed by atoms with Crippen LogP contribution in [0.25, 0.3) is 0 Å². The Morgan fingerprint density at radius 1 is 1.47 bits per heavy atom. The molecule has 0 spiro atoms. The van der Waals surface area contributed by atoms with Crippen LogP contribution in [0.15, 0.2) is 24.3 Å². The van der Waals surface area contributed by atoms with Crippen molar-refractivity contribution in [1.82, 2.24) is 0 Å². The Balaban J connectivity index is 2.62. The van der Waals surface area contributed by atoms with Crippen molar-refractivity contribution in [3.63, 3.8) is 0 Å². The van der Waals surface area contributed by atoms with Crippen molar-refractivity contribution in [2.24, 2.45) is 11.1 Å². The van der Waals surface area contributed by atoms with Crippen molar-refractivity contribution in [3.05, 3.63) is 30.1 Å². The summed E-state index contributed by atoms with van der Waals surface area (Å²) in [6.07, 6.45) is 0.759. The fraction of sp³-hybridized carbons (Fsp3) is 0.462. The van der Waals surface area contributed by atoms with Crippen LogP contribution in [0.4, 0.5) is 10.1 Å². The lowest BCUT2D eigenvalue weighted by molar-refractivity contribution is 0.471. The summed E-state index contributed by atoms with van der Waals surface area (Å²) >= 11 is 0. The molecule has 0 bridgehead atoms. The molecule has 0 fully saturated rings. The van der Waals surface area contributed by atoms with Gasteiger partial charge in [-0.3, -0.25) is 5.41 Å². The first kappa shape index (κ1) is 13.5. The molecule has 0 aliphatic carbocycles. The highest BCUT2D eigenvalue weighted by Crippen LogP contribution is 2.22. The van der Waals surface area contributed by atoms with Gasteiger partial charge in [0.05, 0.1) is 5.84 Å². The number of anilines is 1. The largest absolute Gasteiger partial charge is 0.387 e. The number of nitrogens with zero attached hydrogens (tertiary/aromatic N) is 1. The molecule has 17 heavy (non-hydrogen) atoms. The van der Waals surface area contributed by atoms with Gasteiger partial charge in [-0.2, -0.15) is 0 Å². The Morgan fingerprint density at radius 3 is 2.65 bits per heavy atom. The molecule has 4 heteroatoms. The molecule has 1 rings (SSSR count). The second kappa shape index (κ2) is 5.17. The molecule has 0 aliphatic rings. The summed E-state index contributed by atoms with van der Waals surface area (Å²) in [6, 6.07) is 6.48. The van der Waals surface area contributed by atoms with E-state index in [0.717, 1.165) is 18.7 Å². The van der Waals surface area contributed by atoms with Gasteiger partial charge in [0.2, 0.25) is 0 Å². The van der Waals surface area contributed by atoms with Crippen LogP contribution in [0, 0.1) is 16.6 Å². The number of hydrogen-bond acceptors (Lipinski definition) is 2. The fourth-order valence-electron chi connectivity index (χ4n) is 1.42. The molecule has 0 aliphatic heterocycles. The van der Waals surface area contributed by atoms with E-state index in [1.165, 1.54) is 12.1 Å². The third-order valence-electron chi connectivity index (χ3n) is 3.05. The zero-order valence-electron chi connectivity index (χ0n) is 10.6. The summed E-state index contributed by atoms with van der Waals surface area (Å²) in [5, 5.41) is 7.48. The summed E-state index contributed by atoms with van der Waals surface area (Å²) in [5.41, 5.74) is 6.04. The highest BCUT2D eigenvalue weighted by molar-refractivity contribution is 5.82. The summed E-state index contributed by atoms with van der Waals surface area (Å²) in [7, 11) is 1.91. The average molecular weight is 237 g/mol. The molecule has 0 radical (unpaired) electrons. The van der Waals surface area contributed by atoms with Crippen molar-refractivity contribution >= 4 is 11.5 Å². The lowest BCUT2D eigenvalue weighted by atomic mass is 9.88. The van der Waals surface area contributed by atoms with E-state index in [2.05, 4.69) is 0 Å². The number of amidine groups is 1. The summed E-state index contributed by atoms with van der Waals surface area (Å²) in [5.74, 6) is -0.0506. The van der Waals surface area contributed by atoms with Crippen molar-refractivity contribution in [2.75, 3.05) is 18.5 Å². The van der Waals surface area contributed by atoms with Gasteiger partial charge in [0.15, 0.2) is 0 Å². The molecule has 0 saturated carbocycles. The SMILES string of the molecule is CN(CCC(C)(C)C(=N)N)c1cccc(F)c1. The van der Waals surface area contributed by atoms with Gasteiger partial charge in [0.25, 0.3) is 0 Å². The molecule has 0 aromatic heterocycles. The van der Waals surface area contributed by atoms with Crippen LogP contribution in [-0.2, 0) is 0 Å². The Bertz CT molecular complexity index is 401. The van der Waals surface area contributed by atoms with Crippen LogP contribution in [-0.4, -0.2) is 19.4 Å². The van der Waals surface area contributed by atoms with Crippen molar-refractivity contribution in [2.45, 2.75) is 20.3 Å². The number of hydrogen-bond donors (Lipinski definition) is 2. The Kier molecular flexibility index (Phi) is 4.10. The predicted molar refractivity (Wildman–Crippen MR) is 70.0 cm³/mol. The highest BCUT2D eigenvalue weighted by atomic mass is 19.1. The molecule has 0 saturated heterocycles. The molecule has 94 valence electrons. The van der Waals surface area contributed by atoms with Gasteiger partial charge >= 0.3 is 0 Å². The van der Waals surface area contributed by atoms with E-state index < -0.39 is 0 Å². The number of rotatable bonds is 5. The zero-order chi connectivity index (χ0) is 13.1. The van der Waals surface area contributed by atoms with Crippen LogP contribution in [0.1, 0.15) is 20.3 Å². The first-order valence-electron chi connectivity index (χ1n) is 5.64. The highest BCUT2D eigenvalue weighted by Gasteiger charge is 2.21. The molecule has 1 aromatic rings. The molecule has 0 atom stereocenters. The van der Waals surface area contributed by atoms with Crippen molar-refractivity contribution < 1.29 is 4.39 Å². The lowest BCUT2D eigenvalue weighted by Crippen LogP contribution is -2.34. The smallest absolute Gasteiger partial charge is 0.125 e. The summed E-state index contributed by atoms with van der Waals surface area (Å²) in [6.45, 7) is 4.61. The van der Waals surface area contributed by atoms with E-state index in [4.69, 9.17) is 11.1 Å². The summed E-state index contributed by atoms with van der Waals surface area (Å²) in [4.78, 5) is 1.97. The van der Waals surface area contributed by atoms with Crippen LogP contribution in [0.2, 0.25) is 0 Å². The van der Waals surface area contributed by atoms with Gasteiger partial charge in [0, 0.05) is 24.7 Å². The third kappa shape index (κ3) is 3.73. The van der Waals surface area contributed by atoms with Gasteiger partial charge in [-0.05, 0) is 24.6 Å². The second-order valence-corrected chi connectivity index (χ2v) is 4.95. The first-order chi connectivity index (χ1) is 7.83. The van der Waals surface area contributed by atoms with Crippen LogP contribution < -0.4 is 10.6 Å². The molecule has 1 aromatic carbocycles. The van der Waals surface area contributed by atoms with Crippen LogP contribution >= 0.6 is 0 Å². The van der Waals surface area contributed by atoms with Crippen molar-refractivity contribution in [3.8, 4) is 0 Å². The molecule has 3 nitrogen and oxygen atoms in total. The number of nitrogens with one attached hydrogen (secondary N) is 1. The minimum absolute atomic E-state index is 0.185. The Hall–Kier alpha value is -1.58. The van der Waals surface area contributed by atoms with Gasteiger partial charge in [-0.15, -0.1) is 0 Å². The number of halogens is 1. The minimum Gasteiger partial charge on any atom is -0.387 e. The lowest BCUT2D eigenvalue weighted by Gasteiger charge is -2.27. The Morgan fingerprint density at radius 2 is 2.12 bits per heavy atom. The quantitative estimate of drug-likeness (QED) is 0.611. The predicted octanol–water partition coefficient (Wildman–Crippen LogP) is 2.61. The molecular formula is C13H20FN3. The third-order valence-corrected chi connectivity index (χ3v) is 3.05. The number of nitrogens with two attached hydrogens (primary N) is 1. The zero-order valence-corrected chi connectivity index (χ0v) is 10.6. The van der Waals surface area contributed by atoms with E-state index in [1.54, 1.807) is 6.07 Å². The minimum atomic E-state index is -0.318. The van der Waals surface area contributed by atoms with Crippen molar-refractivity contribution in [1.29, 1.82) is 5.41 Å². The van der Waals surface area contributed by atoms with E-state index in [9.17, 15) is 4.39 Å². The van der Waals surface area contributed by atoms with Crippen LogP contribution in [0.5, 0.6) is 0 Å². The number of benzene rings is 1. The monoisotopic (exact) mass is 237 g/mol. The Labute approximate surface area is 102 Å². The normalized spacial score (nSPS) is 11.3. The molecule has 3 N–H and O–H groups in total. The topological polar surface area (TPSA) is 53.1 Å². The van der Waals surface area contributed by atoms with E-state index in [1.807, 2.05) is 31.9 Å². The maximum atomic E-state index is 13.0. The van der Waals surface area contributed by atoms with Crippen LogP contribution in [0.3, 0.4) is 0 Å². The standard InChI is InChI=1S/C13H20FN3/c1-13(2,12(15)16)7-8-17(3)11-6-4-5-10(14)9-11/h4-6,9H,7-8H2,1-3H3,(H3,15,16). The van der Waals surface area contributed by atoms with Gasteiger partial charge in [-0.25, -0.2) is 4.39 Å². The van der Waals surface area contributed by atoms with Gasteiger partial charge < -0.3 is 10.6 Å². The fourth-order valence-corrected chi connectivity index (χ4v) is 1.42. The van der Waals surface area contributed by atoms with E-state index in [0.29, 0.717) is 0 Å². The maximum absolute atomic E-state index is 13.0. The van der Waals surface area contributed by atoms with Gasteiger partial charge in [-0.1, -0.05) is 19.9 Å². The van der Waals surface area contributed by atoms with Gasteiger partial charge in [0.1, 0.15) is 5.82 Å². The maximum Gasteiger partial charge on any atom is 0.125 e. The molecule has 0 amide bonds.